The van der Waals surface area contributed by atoms with Gasteiger partial charge in [0.2, 0.25) is 5.28 Å². The molecule has 2 heterocycles. The van der Waals surface area contributed by atoms with Crippen molar-refractivity contribution >= 4 is 29.4 Å². The number of fused-ring (bicyclic) bond motifs is 1. The molecule has 102 valence electrons. The molecule has 0 N–H and O–H groups in total. The van der Waals surface area contributed by atoms with E-state index >= 15 is 0 Å². The van der Waals surface area contributed by atoms with Gasteiger partial charge in [-0.3, -0.25) is 0 Å². The van der Waals surface area contributed by atoms with Gasteiger partial charge in [-0.25, -0.2) is 4.98 Å². The van der Waals surface area contributed by atoms with Crippen LogP contribution in [0.4, 0.5) is 11.5 Å². The Labute approximate surface area is 117 Å². The molecule has 6 heteroatoms. The second-order valence-corrected chi connectivity index (χ2v) is 5.54. The molecule has 0 amide bonds. The third-order valence-corrected chi connectivity index (χ3v) is 4.22. The Morgan fingerprint density at radius 3 is 2.84 bits per heavy atom. The van der Waals surface area contributed by atoms with E-state index in [9.17, 15) is 4.79 Å². The minimum absolute atomic E-state index is 0.150. The smallest absolute Gasteiger partial charge is 0.224 e. The zero-order chi connectivity index (χ0) is 13.6. The first-order chi connectivity index (χ1) is 9.17. The maximum absolute atomic E-state index is 11.5. The Balaban J connectivity index is 2.12. The molecule has 1 saturated carbocycles. The summed E-state index contributed by atoms with van der Waals surface area (Å²) in [5.74, 6) is 0.870. The molecule has 1 aromatic heterocycles. The maximum Gasteiger partial charge on any atom is 0.224 e. The molecule has 1 aromatic rings. The van der Waals surface area contributed by atoms with Gasteiger partial charge in [0.1, 0.15) is 12.3 Å². The molecule has 0 aromatic carbocycles. The summed E-state index contributed by atoms with van der Waals surface area (Å²) in [4.78, 5) is 24.2. The van der Waals surface area contributed by atoms with Crippen LogP contribution < -0.4 is 9.80 Å². The first kappa shape index (κ1) is 12.7. The third kappa shape index (κ3) is 1.96. The van der Waals surface area contributed by atoms with Gasteiger partial charge >= 0.3 is 0 Å². The number of likely N-dealkylation sites (N-methyl/N-ethyl adjacent to an activating group) is 1. The van der Waals surface area contributed by atoms with Crippen LogP contribution in [0, 0.1) is 0 Å². The lowest BCUT2D eigenvalue weighted by molar-refractivity contribution is -0.109. The van der Waals surface area contributed by atoms with Crippen molar-refractivity contribution in [3.8, 4) is 0 Å². The van der Waals surface area contributed by atoms with Gasteiger partial charge in [0, 0.05) is 13.1 Å². The summed E-state index contributed by atoms with van der Waals surface area (Å²) >= 11 is 5.94. The second-order valence-electron chi connectivity index (χ2n) is 5.20. The summed E-state index contributed by atoms with van der Waals surface area (Å²) < 4.78 is 0. The predicted octanol–water partition coefficient (Wildman–Crippen LogP) is 1.89. The topological polar surface area (TPSA) is 49.3 Å². The molecule has 0 spiro atoms. The highest BCUT2D eigenvalue weighted by atomic mass is 35.5. The van der Waals surface area contributed by atoms with Gasteiger partial charge in [0.25, 0.3) is 0 Å². The molecule has 2 aliphatic rings. The number of aldehydes is 1. The fourth-order valence-electron chi connectivity index (χ4n) is 2.94. The molecule has 0 saturated heterocycles. The number of nitrogens with zero attached hydrogens (tertiary/aromatic N) is 4. The van der Waals surface area contributed by atoms with E-state index in [0.717, 1.165) is 37.1 Å². The summed E-state index contributed by atoms with van der Waals surface area (Å²) in [5.41, 5.74) is 0.887. The second kappa shape index (κ2) is 4.63. The summed E-state index contributed by atoms with van der Waals surface area (Å²) in [7, 11) is 1.92. The highest BCUT2D eigenvalue weighted by molar-refractivity contribution is 6.28. The van der Waals surface area contributed by atoms with Crippen molar-refractivity contribution in [3.63, 3.8) is 0 Å². The van der Waals surface area contributed by atoms with Crippen LogP contribution in [0.1, 0.15) is 26.2 Å². The van der Waals surface area contributed by atoms with Crippen molar-refractivity contribution in [2.45, 2.75) is 44.3 Å². The Morgan fingerprint density at radius 2 is 2.26 bits per heavy atom. The van der Waals surface area contributed by atoms with Crippen molar-refractivity contribution in [3.05, 3.63) is 11.5 Å². The van der Waals surface area contributed by atoms with Crippen molar-refractivity contribution in [1.29, 1.82) is 0 Å². The van der Waals surface area contributed by atoms with E-state index in [-0.39, 0.29) is 17.4 Å². The van der Waals surface area contributed by atoms with Gasteiger partial charge in [-0.05, 0) is 30.9 Å². The molecule has 1 aliphatic carbocycles. The first-order valence-electron chi connectivity index (χ1n) is 6.66. The lowest BCUT2D eigenvalue weighted by atomic mass is 9.99. The fourth-order valence-corrected chi connectivity index (χ4v) is 3.07. The average molecular weight is 281 g/mol. The van der Waals surface area contributed by atoms with Gasteiger partial charge in [0.05, 0.1) is 17.9 Å². The summed E-state index contributed by atoms with van der Waals surface area (Å²) in [6.45, 7) is 2.11. The number of aromatic nitrogens is 2. The van der Waals surface area contributed by atoms with Crippen LogP contribution in [0.5, 0.6) is 0 Å². The number of rotatable bonds is 3. The van der Waals surface area contributed by atoms with Crippen LogP contribution in [0.25, 0.3) is 0 Å². The highest BCUT2D eigenvalue weighted by Gasteiger charge is 2.44. The standard InChI is InChI=1S/C13H17ClN4O/c1-3-9-11(7-19)17(2)10-6-15-13(14)16-12(10)18(9)8-4-5-8/h6-9,11H,3-5H2,1-2H3. The molecule has 2 atom stereocenters. The van der Waals surface area contributed by atoms with Crippen molar-refractivity contribution in [1.82, 2.24) is 9.97 Å². The number of hydrogen-bond donors (Lipinski definition) is 0. The lowest BCUT2D eigenvalue weighted by Gasteiger charge is -2.46. The predicted molar refractivity (Wildman–Crippen MR) is 74.9 cm³/mol. The molecule has 1 aliphatic heterocycles. The summed E-state index contributed by atoms with van der Waals surface area (Å²) in [6.07, 6.45) is 5.97. The normalized spacial score (nSPS) is 26.3. The van der Waals surface area contributed by atoms with Gasteiger partial charge in [-0.1, -0.05) is 6.92 Å². The quantitative estimate of drug-likeness (QED) is 0.625. The molecular weight excluding hydrogens is 264 g/mol. The molecular formula is C13H17ClN4O. The highest BCUT2D eigenvalue weighted by Crippen LogP contribution is 2.43. The van der Waals surface area contributed by atoms with Crippen molar-refractivity contribution < 1.29 is 4.79 Å². The molecule has 1 fully saturated rings. The zero-order valence-electron chi connectivity index (χ0n) is 11.1. The number of carbonyl (C=O) groups is 1. The van der Waals surface area contributed by atoms with E-state index in [4.69, 9.17) is 11.6 Å². The minimum Gasteiger partial charge on any atom is -0.359 e. The lowest BCUT2D eigenvalue weighted by Crippen LogP contribution is -2.57. The van der Waals surface area contributed by atoms with Crippen molar-refractivity contribution in [2.75, 3.05) is 16.8 Å². The Kier molecular flexibility index (Phi) is 3.09. The largest absolute Gasteiger partial charge is 0.359 e. The van der Waals surface area contributed by atoms with E-state index in [1.807, 2.05) is 11.9 Å². The Morgan fingerprint density at radius 1 is 1.53 bits per heavy atom. The molecule has 19 heavy (non-hydrogen) atoms. The Hall–Kier alpha value is -1.36. The van der Waals surface area contributed by atoms with E-state index < -0.39 is 0 Å². The number of halogens is 1. The SMILES string of the molecule is CCC1C(C=O)N(C)c2cnc(Cl)nc2N1C1CC1. The Bertz CT molecular complexity index is 505. The molecule has 0 radical (unpaired) electrons. The van der Waals surface area contributed by atoms with Crippen LogP contribution in [0.3, 0.4) is 0 Å². The molecule has 5 nitrogen and oxygen atoms in total. The van der Waals surface area contributed by atoms with E-state index in [1.165, 1.54) is 0 Å². The van der Waals surface area contributed by atoms with E-state index in [0.29, 0.717) is 6.04 Å². The fraction of sp³-hybridized carbons (Fsp3) is 0.615. The minimum atomic E-state index is -0.150. The van der Waals surface area contributed by atoms with Gasteiger partial charge in [0.15, 0.2) is 5.82 Å². The summed E-state index contributed by atoms with van der Waals surface area (Å²) in [6, 6.07) is 0.502. The number of hydrogen-bond acceptors (Lipinski definition) is 5. The monoisotopic (exact) mass is 280 g/mol. The van der Waals surface area contributed by atoms with Gasteiger partial charge in [-0.15, -0.1) is 0 Å². The van der Waals surface area contributed by atoms with Gasteiger partial charge < -0.3 is 14.6 Å². The van der Waals surface area contributed by atoms with Crippen LogP contribution in [-0.2, 0) is 4.79 Å². The molecule has 0 bridgehead atoms. The first-order valence-corrected chi connectivity index (χ1v) is 7.04. The summed E-state index contributed by atoms with van der Waals surface area (Å²) in [5, 5.41) is 0.261. The van der Waals surface area contributed by atoms with Gasteiger partial charge in [-0.2, -0.15) is 4.98 Å². The third-order valence-electron chi connectivity index (χ3n) is 4.04. The number of carbonyl (C=O) groups excluding carboxylic acids is 1. The maximum atomic E-state index is 11.5. The molecule has 2 unspecified atom stereocenters. The number of anilines is 2. The average Bonchev–Trinajstić information content (AvgIpc) is 3.22. The van der Waals surface area contributed by atoms with E-state index in [2.05, 4.69) is 21.8 Å². The van der Waals surface area contributed by atoms with Crippen LogP contribution in [-0.4, -0.2) is 41.4 Å². The molecule has 3 rings (SSSR count). The van der Waals surface area contributed by atoms with Crippen molar-refractivity contribution in [2.24, 2.45) is 0 Å². The van der Waals surface area contributed by atoms with E-state index in [1.54, 1.807) is 6.20 Å². The van der Waals surface area contributed by atoms with Crippen LogP contribution in [0.2, 0.25) is 5.28 Å². The van der Waals surface area contributed by atoms with Crippen LogP contribution >= 0.6 is 11.6 Å². The zero-order valence-corrected chi connectivity index (χ0v) is 11.8. The van der Waals surface area contributed by atoms with Crippen LogP contribution in [0.15, 0.2) is 6.20 Å².